The Bertz CT molecular complexity index is 779. The van der Waals surface area contributed by atoms with E-state index >= 15 is 0 Å². The van der Waals surface area contributed by atoms with E-state index < -0.39 is 0 Å². The van der Waals surface area contributed by atoms with Gasteiger partial charge in [0, 0.05) is 5.69 Å². The van der Waals surface area contributed by atoms with Crippen LogP contribution in [-0.4, -0.2) is 25.2 Å². The van der Waals surface area contributed by atoms with Crippen LogP contribution in [0.15, 0.2) is 47.5 Å². The van der Waals surface area contributed by atoms with Gasteiger partial charge in [-0.05, 0) is 54.7 Å². The van der Waals surface area contributed by atoms with Crippen LogP contribution in [-0.2, 0) is 12.8 Å². The Kier molecular flexibility index (Phi) is 5.67. The number of rotatable bonds is 3. The van der Waals surface area contributed by atoms with Gasteiger partial charge in [-0.2, -0.15) is 0 Å². The van der Waals surface area contributed by atoms with Crippen molar-refractivity contribution in [1.82, 2.24) is 0 Å². The van der Waals surface area contributed by atoms with Gasteiger partial charge in [-0.3, -0.25) is 0 Å². The van der Waals surface area contributed by atoms with Crippen molar-refractivity contribution >= 4 is 35.6 Å². The lowest BCUT2D eigenvalue weighted by atomic mass is 10.1. The number of hydrogen-bond acceptors (Lipinski definition) is 3. The Morgan fingerprint density at radius 1 is 1.12 bits per heavy atom. The molecular weight excluding hydrogens is 429 g/mol. The molecule has 1 unspecified atom stereocenters. The first kappa shape index (κ1) is 17.8. The van der Waals surface area contributed by atoms with Crippen LogP contribution < -0.4 is 20.5 Å². The molecule has 0 aromatic heterocycles. The first-order valence-electron chi connectivity index (χ1n) is 8.35. The lowest BCUT2D eigenvalue weighted by Gasteiger charge is -2.25. The Hall–Kier alpha value is -1.96. The third-order valence-electron chi connectivity index (χ3n) is 4.40. The summed E-state index contributed by atoms with van der Waals surface area (Å²) in [4.78, 5) is 4.39. The Morgan fingerprint density at radius 3 is 2.80 bits per heavy atom. The number of fused-ring (bicyclic) bond motifs is 2. The molecule has 2 aliphatic rings. The fraction of sp³-hybridized carbons (Fsp3) is 0.316. The van der Waals surface area contributed by atoms with E-state index in [1.54, 1.807) is 0 Å². The van der Waals surface area contributed by atoms with Crippen molar-refractivity contribution < 1.29 is 9.47 Å². The van der Waals surface area contributed by atoms with Crippen LogP contribution in [0, 0.1) is 0 Å². The SMILES string of the molecule is I.NC(=NCC1COc2ccccc2O1)Nc1ccc2c(c1)CCC2. The van der Waals surface area contributed by atoms with Gasteiger partial charge in [0.2, 0.25) is 0 Å². The van der Waals surface area contributed by atoms with Crippen molar-refractivity contribution in [2.24, 2.45) is 10.7 Å². The molecule has 132 valence electrons. The van der Waals surface area contributed by atoms with Crippen molar-refractivity contribution in [3.8, 4) is 11.5 Å². The van der Waals surface area contributed by atoms with Gasteiger partial charge in [-0.1, -0.05) is 18.2 Å². The van der Waals surface area contributed by atoms with Gasteiger partial charge in [0.15, 0.2) is 23.6 Å². The van der Waals surface area contributed by atoms with Crippen molar-refractivity contribution in [2.75, 3.05) is 18.5 Å². The Balaban J connectivity index is 0.00000182. The van der Waals surface area contributed by atoms with Gasteiger partial charge in [0.25, 0.3) is 0 Å². The van der Waals surface area contributed by atoms with Crippen LogP contribution in [0.3, 0.4) is 0 Å². The lowest BCUT2D eigenvalue weighted by molar-refractivity contribution is 0.0972. The molecule has 0 amide bonds. The van der Waals surface area contributed by atoms with E-state index in [1.807, 2.05) is 24.3 Å². The molecule has 6 heteroatoms. The Labute approximate surface area is 164 Å². The Morgan fingerprint density at radius 2 is 1.92 bits per heavy atom. The van der Waals surface area contributed by atoms with E-state index in [9.17, 15) is 0 Å². The van der Waals surface area contributed by atoms with Crippen molar-refractivity contribution in [3.63, 3.8) is 0 Å². The van der Waals surface area contributed by atoms with Crippen LogP contribution in [0.1, 0.15) is 17.5 Å². The zero-order valence-corrected chi connectivity index (χ0v) is 16.2. The first-order valence-corrected chi connectivity index (χ1v) is 8.35. The molecule has 3 N–H and O–H groups in total. The molecule has 0 saturated carbocycles. The molecule has 0 fully saturated rings. The summed E-state index contributed by atoms with van der Waals surface area (Å²) in [5.41, 5.74) is 9.85. The van der Waals surface area contributed by atoms with Crippen LogP contribution in [0.5, 0.6) is 11.5 Å². The summed E-state index contributed by atoms with van der Waals surface area (Å²) in [5, 5.41) is 3.16. The average molecular weight is 451 g/mol. The molecule has 2 aromatic rings. The molecule has 5 nitrogen and oxygen atoms in total. The number of aliphatic imine (C=N–C) groups is 1. The zero-order valence-electron chi connectivity index (χ0n) is 13.9. The van der Waals surface area contributed by atoms with Gasteiger partial charge in [-0.15, -0.1) is 24.0 Å². The maximum atomic E-state index is 6.01. The molecule has 0 radical (unpaired) electrons. The fourth-order valence-corrected chi connectivity index (χ4v) is 3.19. The number of guanidine groups is 1. The van der Waals surface area contributed by atoms with Gasteiger partial charge < -0.3 is 20.5 Å². The van der Waals surface area contributed by atoms with Gasteiger partial charge in [0.1, 0.15) is 6.61 Å². The molecule has 2 aromatic carbocycles. The minimum Gasteiger partial charge on any atom is -0.486 e. The second kappa shape index (κ2) is 7.95. The summed E-state index contributed by atoms with van der Waals surface area (Å²) < 4.78 is 11.6. The van der Waals surface area contributed by atoms with Crippen LogP contribution in [0.4, 0.5) is 5.69 Å². The third kappa shape index (κ3) is 4.18. The highest BCUT2D eigenvalue weighted by Crippen LogP contribution is 2.30. The standard InChI is InChI=1S/C19H21N3O2.HI/c20-19(22-15-9-8-13-4-3-5-14(13)10-15)21-11-16-12-23-17-6-1-2-7-18(17)24-16;/h1-2,6-10,16H,3-5,11-12H2,(H3,20,21,22);1H. The summed E-state index contributed by atoms with van der Waals surface area (Å²) in [6.07, 6.45) is 3.44. The van der Waals surface area contributed by atoms with Gasteiger partial charge in [-0.25, -0.2) is 4.99 Å². The summed E-state index contributed by atoms with van der Waals surface area (Å²) in [6.45, 7) is 0.935. The molecule has 0 saturated heterocycles. The highest BCUT2D eigenvalue weighted by Gasteiger charge is 2.20. The van der Waals surface area contributed by atoms with Crippen LogP contribution >= 0.6 is 24.0 Å². The highest BCUT2D eigenvalue weighted by atomic mass is 127. The van der Waals surface area contributed by atoms with Crippen LogP contribution in [0.2, 0.25) is 0 Å². The van der Waals surface area contributed by atoms with E-state index in [2.05, 4.69) is 28.5 Å². The molecular formula is C19H22IN3O2. The molecule has 1 heterocycles. The second-order valence-corrected chi connectivity index (χ2v) is 6.19. The quantitative estimate of drug-likeness (QED) is 0.427. The molecule has 0 bridgehead atoms. The van der Waals surface area contributed by atoms with Gasteiger partial charge >= 0.3 is 0 Å². The van der Waals surface area contributed by atoms with E-state index in [-0.39, 0.29) is 30.1 Å². The number of nitrogens with zero attached hydrogens (tertiary/aromatic N) is 1. The number of anilines is 1. The normalized spacial score (nSPS) is 18.2. The monoisotopic (exact) mass is 451 g/mol. The van der Waals surface area contributed by atoms with Crippen LogP contribution in [0.25, 0.3) is 0 Å². The minimum absolute atomic E-state index is 0. The molecule has 4 rings (SSSR count). The number of benzene rings is 2. The zero-order chi connectivity index (χ0) is 16.4. The highest BCUT2D eigenvalue weighted by molar-refractivity contribution is 14.0. The molecule has 1 aliphatic carbocycles. The fourth-order valence-electron chi connectivity index (χ4n) is 3.19. The smallest absolute Gasteiger partial charge is 0.193 e. The largest absolute Gasteiger partial charge is 0.486 e. The van der Waals surface area contributed by atoms with Crippen molar-refractivity contribution in [1.29, 1.82) is 0 Å². The number of nitrogens with one attached hydrogen (secondary N) is 1. The topological polar surface area (TPSA) is 68.9 Å². The summed E-state index contributed by atoms with van der Waals surface area (Å²) in [6, 6.07) is 14.1. The van der Waals surface area contributed by atoms with E-state index in [1.165, 1.54) is 24.0 Å². The maximum absolute atomic E-state index is 6.01. The number of hydrogen-bond donors (Lipinski definition) is 2. The minimum atomic E-state index is -0.125. The number of nitrogens with two attached hydrogens (primary N) is 1. The van der Waals surface area contributed by atoms with E-state index in [0.29, 0.717) is 19.1 Å². The summed E-state index contributed by atoms with van der Waals surface area (Å²) in [7, 11) is 0. The number of ether oxygens (including phenoxy) is 2. The maximum Gasteiger partial charge on any atom is 0.193 e. The molecule has 1 aliphatic heterocycles. The van der Waals surface area contributed by atoms with Gasteiger partial charge in [0.05, 0.1) is 6.54 Å². The second-order valence-electron chi connectivity index (χ2n) is 6.19. The third-order valence-corrected chi connectivity index (χ3v) is 4.40. The van der Waals surface area contributed by atoms with Crippen molar-refractivity contribution in [2.45, 2.75) is 25.4 Å². The predicted octanol–water partition coefficient (Wildman–Crippen LogP) is 3.36. The average Bonchev–Trinajstić information content (AvgIpc) is 3.07. The number of halogens is 1. The molecule has 0 spiro atoms. The van der Waals surface area contributed by atoms with Crippen molar-refractivity contribution in [3.05, 3.63) is 53.6 Å². The number of aryl methyl sites for hydroxylation is 2. The first-order chi connectivity index (χ1) is 11.8. The summed E-state index contributed by atoms with van der Waals surface area (Å²) in [5.74, 6) is 1.94. The van der Waals surface area contributed by atoms with E-state index in [0.717, 1.165) is 23.6 Å². The summed E-state index contributed by atoms with van der Waals surface area (Å²) >= 11 is 0. The number of para-hydroxylation sites is 2. The molecule has 25 heavy (non-hydrogen) atoms. The van der Waals surface area contributed by atoms with E-state index in [4.69, 9.17) is 15.2 Å². The predicted molar refractivity (Wildman–Crippen MR) is 110 cm³/mol. The molecule has 1 atom stereocenters. The lowest BCUT2D eigenvalue weighted by Crippen LogP contribution is -2.33.